The van der Waals surface area contributed by atoms with Crippen molar-refractivity contribution in [3.8, 4) is 5.75 Å². The summed E-state index contributed by atoms with van der Waals surface area (Å²) in [4.78, 5) is 4.78. The molecule has 0 unspecified atom stereocenters. The van der Waals surface area contributed by atoms with Crippen molar-refractivity contribution in [1.29, 1.82) is 0 Å². The molecule has 0 saturated carbocycles. The molecule has 5 heteroatoms. The van der Waals surface area contributed by atoms with E-state index in [0.29, 0.717) is 29.1 Å². The third kappa shape index (κ3) is 4.26. The molecule has 0 amide bonds. The van der Waals surface area contributed by atoms with Crippen LogP contribution in [0.4, 0.5) is 0 Å². The first-order valence-corrected chi connectivity index (χ1v) is 10.4. The van der Waals surface area contributed by atoms with Crippen molar-refractivity contribution < 1.29 is 4.74 Å². The Bertz CT molecular complexity index is 1110. The predicted molar refractivity (Wildman–Crippen MR) is 120 cm³/mol. The molecular weight excluding hydrogens is 403 g/mol. The molecule has 148 valence electrons. The van der Waals surface area contributed by atoms with Crippen molar-refractivity contribution in [2.75, 3.05) is 0 Å². The number of rotatable bonds is 6. The molecule has 29 heavy (non-hydrogen) atoms. The number of benzene rings is 3. The minimum Gasteiger partial charge on any atom is -0.486 e. The predicted octanol–water partition coefficient (Wildman–Crippen LogP) is 7.09. The second-order valence-electron chi connectivity index (χ2n) is 7.32. The van der Waals surface area contributed by atoms with Gasteiger partial charge in [0.2, 0.25) is 0 Å². The Kier molecular flexibility index (Phi) is 5.79. The van der Waals surface area contributed by atoms with Gasteiger partial charge >= 0.3 is 0 Å². The molecule has 0 aliphatic heterocycles. The van der Waals surface area contributed by atoms with Crippen molar-refractivity contribution in [3.05, 3.63) is 93.7 Å². The van der Waals surface area contributed by atoms with E-state index in [4.69, 9.17) is 32.9 Å². The molecule has 1 heterocycles. The van der Waals surface area contributed by atoms with E-state index >= 15 is 0 Å². The van der Waals surface area contributed by atoms with E-state index in [9.17, 15) is 0 Å². The van der Waals surface area contributed by atoms with Crippen molar-refractivity contribution >= 4 is 34.2 Å². The van der Waals surface area contributed by atoms with Gasteiger partial charge in [-0.3, -0.25) is 0 Å². The fraction of sp³-hybridized carbons (Fsp3) is 0.208. The molecule has 0 spiro atoms. The number of fused-ring (bicyclic) bond motifs is 1. The van der Waals surface area contributed by atoms with Gasteiger partial charge in [0.15, 0.2) is 0 Å². The Morgan fingerprint density at radius 3 is 2.28 bits per heavy atom. The second-order valence-corrected chi connectivity index (χ2v) is 8.13. The molecule has 0 fully saturated rings. The number of halogens is 2. The summed E-state index contributed by atoms with van der Waals surface area (Å²) in [5.41, 5.74) is 4.11. The summed E-state index contributed by atoms with van der Waals surface area (Å²) in [7, 11) is 0. The van der Waals surface area contributed by atoms with E-state index in [1.807, 2.05) is 54.6 Å². The Morgan fingerprint density at radius 1 is 0.897 bits per heavy atom. The van der Waals surface area contributed by atoms with E-state index in [1.54, 1.807) is 0 Å². The first-order valence-electron chi connectivity index (χ1n) is 9.62. The van der Waals surface area contributed by atoms with Crippen LogP contribution in [-0.4, -0.2) is 9.55 Å². The van der Waals surface area contributed by atoms with Crippen LogP contribution in [0.2, 0.25) is 10.0 Å². The molecule has 4 aromatic rings. The molecule has 0 aliphatic carbocycles. The van der Waals surface area contributed by atoms with Crippen LogP contribution in [0.15, 0.2) is 66.7 Å². The summed E-state index contributed by atoms with van der Waals surface area (Å²) in [6.07, 6.45) is 0. The fourth-order valence-corrected chi connectivity index (χ4v) is 3.87. The highest BCUT2D eigenvalue weighted by Crippen LogP contribution is 2.28. The van der Waals surface area contributed by atoms with Crippen molar-refractivity contribution in [2.24, 2.45) is 0 Å². The zero-order valence-electron chi connectivity index (χ0n) is 16.4. The minimum atomic E-state index is 0.359. The van der Waals surface area contributed by atoms with E-state index in [-0.39, 0.29) is 0 Å². The monoisotopic (exact) mass is 424 g/mol. The van der Waals surface area contributed by atoms with Gasteiger partial charge in [-0.05, 0) is 47.9 Å². The second kappa shape index (κ2) is 8.48. The van der Waals surface area contributed by atoms with Gasteiger partial charge in [0.05, 0.1) is 17.6 Å². The van der Waals surface area contributed by atoms with Crippen molar-refractivity contribution in [1.82, 2.24) is 9.55 Å². The maximum Gasteiger partial charge on any atom is 0.148 e. The Labute approximate surface area is 180 Å². The van der Waals surface area contributed by atoms with Crippen LogP contribution in [0.1, 0.15) is 36.7 Å². The smallest absolute Gasteiger partial charge is 0.148 e. The van der Waals surface area contributed by atoms with Crippen LogP contribution in [0.3, 0.4) is 0 Å². The molecule has 0 N–H and O–H groups in total. The van der Waals surface area contributed by atoms with Gasteiger partial charge in [0, 0.05) is 15.6 Å². The molecule has 0 bridgehead atoms. The third-order valence-corrected chi connectivity index (χ3v) is 5.73. The first-order chi connectivity index (χ1) is 14.0. The molecule has 0 atom stereocenters. The van der Waals surface area contributed by atoms with Gasteiger partial charge in [-0.15, -0.1) is 0 Å². The molecule has 0 saturated heterocycles. The van der Waals surface area contributed by atoms with Gasteiger partial charge in [0.25, 0.3) is 0 Å². The molecule has 1 aromatic heterocycles. The zero-order chi connectivity index (χ0) is 20.4. The van der Waals surface area contributed by atoms with Crippen LogP contribution in [0.25, 0.3) is 11.0 Å². The van der Waals surface area contributed by atoms with E-state index in [2.05, 4.69) is 30.5 Å². The zero-order valence-corrected chi connectivity index (χ0v) is 17.9. The molecular formula is C24H22Cl2N2O. The van der Waals surface area contributed by atoms with Gasteiger partial charge in [-0.2, -0.15) is 0 Å². The highest BCUT2D eigenvalue weighted by atomic mass is 35.5. The SMILES string of the molecule is CC(C)c1ccc(OCc2nc3ccccc3n2Cc2c(Cl)cccc2Cl)cc1. The summed E-state index contributed by atoms with van der Waals surface area (Å²) in [6.45, 7) is 5.25. The first kappa shape index (κ1) is 19.8. The van der Waals surface area contributed by atoms with Crippen LogP contribution < -0.4 is 4.74 Å². The molecule has 3 aromatic carbocycles. The number of aromatic nitrogens is 2. The standard InChI is InChI=1S/C24H22Cl2N2O/c1-16(2)17-10-12-18(13-11-17)29-15-24-27-22-8-3-4-9-23(22)28(24)14-19-20(25)6-5-7-21(19)26/h3-13,16H,14-15H2,1-2H3. The molecule has 3 nitrogen and oxygen atoms in total. The average Bonchev–Trinajstić information content (AvgIpc) is 3.07. The van der Waals surface area contributed by atoms with Crippen LogP contribution >= 0.6 is 23.2 Å². The van der Waals surface area contributed by atoms with Crippen LogP contribution in [0.5, 0.6) is 5.75 Å². The largest absolute Gasteiger partial charge is 0.486 e. The average molecular weight is 425 g/mol. The van der Waals surface area contributed by atoms with Crippen molar-refractivity contribution in [3.63, 3.8) is 0 Å². The fourth-order valence-electron chi connectivity index (χ4n) is 3.35. The molecule has 0 aliphatic rings. The Balaban J connectivity index is 1.64. The summed E-state index contributed by atoms with van der Waals surface area (Å²) >= 11 is 12.8. The van der Waals surface area contributed by atoms with Crippen molar-refractivity contribution in [2.45, 2.75) is 32.9 Å². The lowest BCUT2D eigenvalue weighted by Gasteiger charge is -2.13. The minimum absolute atomic E-state index is 0.359. The highest BCUT2D eigenvalue weighted by Gasteiger charge is 2.15. The normalized spacial score (nSPS) is 11.3. The number of ether oxygens (including phenoxy) is 1. The van der Waals surface area contributed by atoms with Gasteiger partial charge in [-0.1, -0.05) is 67.4 Å². The Morgan fingerprint density at radius 2 is 1.59 bits per heavy atom. The quantitative estimate of drug-likeness (QED) is 0.330. The van der Waals surface area contributed by atoms with E-state index in [0.717, 1.165) is 28.2 Å². The Hall–Kier alpha value is -2.49. The van der Waals surface area contributed by atoms with Gasteiger partial charge in [-0.25, -0.2) is 4.98 Å². The summed E-state index contributed by atoms with van der Waals surface area (Å²) in [5.74, 6) is 2.15. The van der Waals surface area contributed by atoms with Crippen LogP contribution in [0, 0.1) is 0 Å². The molecule has 0 radical (unpaired) electrons. The number of hydrogen-bond acceptors (Lipinski definition) is 2. The van der Waals surface area contributed by atoms with E-state index in [1.165, 1.54) is 5.56 Å². The van der Waals surface area contributed by atoms with Gasteiger partial charge < -0.3 is 9.30 Å². The molecule has 4 rings (SSSR count). The number of imidazole rings is 1. The third-order valence-electron chi connectivity index (χ3n) is 5.03. The van der Waals surface area contributed by atoms with Crippen LogP contribution in [-0.2, 0) is 13.2 Å². The summed E-state index contributed by atoms with van der Waals surface area (Å²) < 4.78 is 8.16. The summed E-state index contributed by atoms with van der Waals surface area (Å²) in [6, 6.07) is 21.8. The lowest BCUT2D eigenvalue weighted by atomic mass is 10.0. The maximum absolute atomic E-state index is 6.41. The maximum atomic E-state index is 6.41. The summed E-state index contributed by atoms with van der Waals surface area (Å²) in [5, 5.41) is 1.29. The van der Waals surface area contributed by atoms with E-state index < -0.39 is 0 Å². The number of para-hydroxylation sites is 2. The number of nitrogens with zero attached hydrogens (tertiary/aromatic N) is 2. The van der Waals surface area contributed by atoms with Gasteiger partial charge in [0.1, 0.15) is 18.2 Å². The highest BCUT2D eigenvalue weighted by molar-refractivity contribution is 6.36. The lowest BCUT2D eigenvalue weighted by molar-refractivity contribution is 0.291. The topological polar surface area (TPSA) is 27.1 Å². The lowest BCUT2D eigenvalue weighted by Crippen LogP contribution is -2.09. The number of hydrogen-bond donors (Lipinski definition) is 0.